The molecule has 1 saturated heterocycles. The van der Waals surface area contributed by atoms with Crippen molar-refractivity contribution >= 4 is 35.2 Å². The van der Waals surface area contributed by atoms with Gasteiger partial charge in [-0.1, -0.05) is 55.8 Å². The van der Waals surface area contributed by atoms with Gasteiger partial charge in [0.2, 0.25) is 5.91 Å². The van der Waals surface area contributed by atoms with E-state index < -0.39 is 18.2 Å². The van der Waals surface area contributed by atoms with Crippen molar-refractivity contribution in [2.45, 2.75) is 32.5 Å². The van der Waals surface area contributed by atoms with E-state index in [9.17, 15) is 18.8 Å². The van der Waals surface area contributed by atoms with Gasteiger partial charge >= 0.3 is 6.09 Å². The van der Waals surface area contributed by atoms with Gasteiger partial charge in [-0.15, -0.1) is 0 Å². The molecule has 2 atom stereocenters. The fourth-order valence-electron chi connectivity index (χ4n) is 3.99. The highest BCUT2D eigenvalue weighted by Gasteiger charge is 2.46. The van der Waals surface area contributed by atoms with Gasteiger partial charge in [-0.3, -0.25) is 14.5 Å². The third-order valence-corrected chi connectivity index (χ3v) is 6.12. The van der Waals surface area contributed by atoms with Gasteiger partial charge in [0.05, 0.1) is 6.54 Å². The second-order valence-corrected chi connectivity index (χ2v) is 9.67. The van der Waals surface area contributed by atoms with Crippen LogP contribution >= 0.6 is 11.6 Å². The van der Waals surface area contributed by atoms with Gasteiger partial charge in [0.1, 0.15) is 5.82 Å². The van der Waals surface area contributed by atoms with Crippen molar-refractivity contribution in [2.75, 3.05) is 11.9 Å². The van der Waals surface area contributed by atoms with Crippen LogP contribution in [-0.2, 0) is 16.1 Å². The lowest BCUT2D eigenvalue weighted by molar-refractivity contribution is -0.126. The standard InChI is InChI=1S/C28H27ClFN3O4/c1-17(2)15-31-27(35)24-25(37-28(36)33(24)16-18-6-10-22(30)11-7-18)19-8-12-23(13-9-19)32-26(34)20-4-3-5-21(29)14-20/h3-14,17,24-25H,15-16H2,1-2H3,(H,31,35)(H,32,34)/t24-,25+/m1/s1. The normalized spacial score (nSPS) is 17.0. The van der Waals surface area contributed by atoms with Crippen LogP contribution < -0.4 is 10.6 Å². The van der Waals surface area contributed by atoms with E-state index in [2.05, 4.69) is 10.6 Å². The molecular formula is C28H27ClFN3O4. The fourth-order valence-corrected chi connectivity index (χ4v) is 4.19. The maximum Gasteiger partial charge on any atom is 0.411 e. The van der Waals surface area contributed by atoms with Gasteiger partial charge in [0.25, 0.3) is 5.91 Å². The Balaban J connectivity index is 1.54. The Hall–Kier alpha value is -3.91. The summed E-state index contributed by atoms with van der Waals surface area (Å²) >= 11 is 5.97. The molecule has 1 aliphatic heterocycles. The predicted molar refractivity (Wildman–Crippen MR) is 139 cm³/mol. The van der Waals surface area contributed by atoms with E-state index in [4.69, 9.17) is 16.3 Å². The molecule has 192 valence electrons. The summed E-state index contributed by atoms with van der Waals surface area (Å²) in [6, 6.07) is 18.2. The van der Waals surface area contributed by atoms with Crippen LogP contribution in [0.1, 0.15) is 41.4 Å². The van der Waals surface area contributed by atoms with Crippen LogP contribution in [0.25, 0.3) is 0 Å². The Morgan fingerprint density at radius 3 is 2.41 bits per heavy atom. The molecule has 9 heteroatoms. The SMILES string of the molecule is CC(C)CNC(=O)[C@H]1[C@H](c2ccc(NC(=O)c3cccc(Cl)c3)cc2)OC(=O)N1Cc1ccc(F)cc1. The maximum absolute atomic E-state index is 13.4. The van der Waals surface area contributed by atoms with Gasteiger partial charge in [0, 0.05) is 22.8 Å². The lowest BCUT2D eigenvalue weighted by atomic mass is 10.00. The minimum Gasteiger partial charge on any atom is -0.438 e. The summed E-state index contributed by atoms with van der Waals surface area (Å²) < 4.78 is 19.0. The van der Waals surface area contributed by atoms with Crippen molar-refractivity contribution in [3.8, 4) is 0 Å². The molecule has 3 amide bonds. The molecule has 0 saturated carbocycles. The van der Waals surface area contributed by atoms with Crippen molar-refractivity contribution in [1.29, 1.82) is 0 Å². The zero-order chi connectivity index (χ0) is 26.5. The second kappa shape index (κ2) is 11.4. The zero-order valence-corrected chi connectivity index (χ0v) is 21.2. The van der Waals surface area contributed by atoms with Crippen LogP contribution in [0.5, 0.6) is 0 Å². The predicted octanol–water partition coefficient (Wildman–Crippen LogP) is 5.57. The van der Waals surface area contributed by atoms with E-state index in [-0.39, 0.29) is 30.1 Å². The van der Waals surface area contributed by atoms with Crippen LogP contribution in [0.2, 0.25) is 5.02 Å². The van der Waals surface area contributed by atoms with Crippen LogP contribution in [0, 0.1) is 11.7 Å². The first kappa shape index (κ1) is 26.2. The van der Waals surface area contributed by atoms with Crippen LogP contribution in [0.3, 0.4) is 0 Å². The number of cyclic esters (lactones) is 1. The molecule has 1 aliphatic rings. The Morgan fingerprint density at radius 1 is 1.05 bits per heavy atom. The largest absolute Gasteiger partial charge is 0.438 e. The molecule has 0 unspecified atom stereocenters. The zero-order valence-electron chi connectivity index (χ0n) is 20.4. The molecule has 0 aliphatic carbocycles. The van der Waals surface area contributed by atoms with E-state index in [1.165, 1.54) is 17.0 Å². The summed E-state index contributed by atoms with van der Waals surface area (Å²) in [5.41, 5.74) is 2.21. The number of carbonyl (C=O) groups is 3. The quantitative estimate of drug-likeness (QED) is 0.404. The van der Waals surface area contributed by atoms with Gasteiger partial charge in [-0.2, -0.15) is 0 Å². The minimum atomic E-state index is -0.928. The molecule has 3 aromatic carbocycles. The first-order chi connectivity index (χ1) is 17.7. The van der Waals surface area contributed by atoms with E-state index in [1.54, 1.807) is 60.7 Å². The van der Waals surface area contributed by atoms with Crippen molar-refractivity contribution in [1.82, 2.24) is 10.2 Å². The summed E-state index contributed by atoms with van der Waals surface area (Å²) in [6.07, 6.45) is -1.50. The number of amides is 3. The summed E-state index contributed by atoms with van der Waals surface area (Å²) in [4.78, 5) is 40.0. The average Bonchev–Trinajstić information content (AvgIpc) is 3.20. The van der Waals surface area contributed by atoms with Crippen molar-refractivity contribution < 1.29 is 23.5 Å². The highest BCUT2D eigenvalue weighted by molar-refractivity contribution is 6.31. The first-order valence-electron chi connectivity index (χ1n) is 11.9. The maximum atomic E-state index is 13.4. The molecule has 2 N–H and O–H groups in total. The molecule has 0 aromatic heterocycles. The summed E-state index contributed by atoms with van der Waals surface area (Å²) in [5.74, 6) is -0.836. The Labute approximate surface area is 219 Å². The van der Waals surface area contributed by atoms with Crippen molar-refractivity contribution in [3.63, 3.8) is 0 Å². The molecule has 7 nitrogen and oxygen atoms in total. The smallest absolute Gasteiger partial charge is 0.411 e. The van der Waals surface area contributed by atoms with Gasteiger partial charge in [0.15, 0.2) is 12.1 Å². The molecule has 37 heavy (non-hydrogen) atoms. The van der Waals surface area contributed by atoms with E-state index in [0.29, 0.717) is 33.9 Å². The topological polar surface area (TPSA) is 87.7 Å². The number of hydrogen-bond acceptors (Lipinski definition) is 4. The van der Waals surface area contributed by atoms with Crippen molar-refractivity contribution in [3.05, 3.63) is 100 Å². The lowest BCUT2D eigenvalue weighted by Crippen LogP contribution is -2.47. The number of nitrogens with one attached hydrogen (secondary N) is 2. The lowest BCUT2D eigenvalue weighted by Gasteiger charge is -2.24. The van der Waals surface area contributed by atoms with E-state index >= 15 is 0 Å². The molecule has 0 radical (unpaired) electrons. The van der Waals surface area contributed by atoms with E-state index in [1.807, 2.05) is 13.8 Å². The van der Waals surface area contributed by atoms with E-state index in [0.717, 1.165) is 0 Å². The summed E-state index contributed by atoms with van der Waals surface area (Å²) in [5, 5.41) is 6.14. The number of rotatable bonds is 8. The number of carbonyl (C=O) groups excluding carboxylic acids is 3. The molecule has 1 fully saturated rings. The van der Waals surface area contributed by atoms with Crippen LogP contribution in [0.15, 0.2) is 72.8 Å². The monoisotopic (exact) mass is 523 g/mol. The average molecular weight is 524 g/mol. The molecule has 1 heterocycles. The highest BCUT2D eigenvalue weighted by Crippen LogP contribution is 2.34. The van der Waals surface area contributed by atoms with Crippen LogP contribution in [-0.4, -0.2) is 35.4 Å². The third-order valence-electron chi connectivity index (χ3n) is 5.89. The van der Waals surface area contributed by atoms with Gasteiger partial charge < -0.3 is 15.4 Å². The van der Waals surface area contributed by atoms with Gasteiger partial charge in [-0.25, -0.2) is 9.18 Å². The minimum absolute atomic E-state index is 0.0865. The summed E-state index contributed by atoms with van der Waals surface area (Å²) in [6.45, 7) is 4.47. The number of hydrogen-bond donors (Lipinski definition) is 2. The van der Waals surface area contributed by atoms with Gasteiger partial charge in [-0.05, 0) is 59.5 Å². The molecule has 3 aromatic rings. The number of halogens is 2. The highest BCUT2D eigenvalue weighted by atomic mass is 35.5. The number of benzene rings is 3. The Morgan fingerprint density at radius 2 is 1.76 bits per heavy atom. The number of anilines is 1. The molecule has 4 rings (SSSR count). The number of ether oxygens (including phenoxy) is 1. The summed E-state index contributed by atoms with van der Waals surface area (Å²) in [7, 11) is 0. The molecular weight excluding hydrogens is 497 g/mol. The Bertz CT molecular complexity index is 1280. The fraction of sp³-hybridized carbons (Fsp3) is 0.250. The number of nitrogens with zero attached hydrogens (tertiary/aromatic N) is 1. The Kier molecular flexibility index (Phi) is 8.08. The third kappa shape index (κ3) is 6.46. The van der Waals surface area contributed by atoms with Crippen molar-refractivity contribution in [2.24, 2.45) is 5.92 Å². The molecule has 0 spiro atoms. The first-order valence-corrected chi connectivity index (χ1v) is 12.3. The van der Waals surface area contributed by atoms with Crippen LogP contribution in [0.4, 0.5) is 14.9 Å². The molecule has 0 bridgehead atoms. The second-order valence-electron chi connectivity index (χ2n) is 9.23.